The topological polar surface area (TPSA) is 82.4 Å². The Labute approximate surface area is 185 Å². The van der Waals surface area contributed by atoms with Crippen LogP contribution in [0.15, 0.2) is 12.1 Å². The summed E-state index contributed by atoms with van der Waals surface area (Å²) in [6, 6.07) is 3.83. The zero-order valence-corrected chi connectivity index (χ0v) is 18.8. The second kappa shape index (κ2) is 7.91. The molecule has 2 fully saturated rings. The number of likely N-dealkylation sites (tertiary alicyclic amines) is 1. The van der Waals surface area contributed by atoms with E-state index in [0.717, 1.165) is 43.8 Å². The monoisotopic (exact) mass is 431 g/mol. The van der Waals surface area contributed by atoms with Crippen LogP contribution < -0.4 is 4.74 Å². The van der Waals surface area contributed by atoms with Crippen molar-refractivity contribution < 1.29 is 24.8 Å². The lowest BCUT2D eigenvalue weighted by Gasteiger charge is -2.61. The third-order valence-electron chi connectivity index (χ3n) is 8.84. The first-order valence-electron chi connectivity index (χ1n) is 12.1. The average molecular weight is 432 g/mol. The number of piperidine rings is 1. The SMILES string of the molecule is CCC(COCCO)[C@@H]1Oc2c(O)ccc3c2[C@@]12CCN(CC1CCC1)[C@H](C3)[C@@]2(C)O. The molecule has 31 heavy (non-hydrogen) atoms. The van der Waals surface area contributed by atoms with Crippen molar-refractivity contribution in [1.29, 1.82) is 0 Å². The van der Waals surface area contributed by atoms with E-state index in [2.05, 4.69) is 11.8 Å². The zero-order chi connectivity index (χ0) is 21.8. The van der Waals surface area contributed by atoms with Crippen molar-refractivity contribution in [3.63, 3.8) is 0 Å². The molecule has 2 aliphatic heterocycles. The second-order valence-electron chi connectivity index (χ2n) is 10.3. The van der Waals surface area contributed by atoms with Gasteiger partial charge in [-0.25, -0.2) is 0 Å². The maximum absolute atomic E-state index is 12.3. The quantitative estimate of drug-likeness (QED) is 0.549. The van der Waals surface area contributed by atoms with Gasteiger partial charge in [0.05, 0.1) is 30.8 Å². The summed E-state index contributed by atoms with van der Waals surface area (Å²) in [6.45, 7) is 6.91. The number of aliphatic hydroxyl groups is 2. The van der Waals surface area contributed by atoms with Crippen LogP contribution in [0.1, 0.15) is 57.1 Å². The number of ether oxygens (including phenoxy) is 2. The van der Waals surface area contributed by atoms with Gasteiger partial charge in [0.1, 0.15) is 6.10 Å². The standard InChI is InChI=1S/C25H37NO5/c1-3-17(15-30-12-11-27)23-25-9-10-26(14-16-5-4-6-16)20(24(25,2)29)13-18-7-8-19(28)22(31-23)21(18)25/h7-8,16-17,20,23,27-29H,3-6,9-15H2,1-2H3/t17?,20-,23+,24-,25+/m1/s1. The fraction of sp³-hybridized carbons (Fsp3) is 0.760. The van der Waals surface area contributed by atoms with Crippen molar-refractivity contribution in [2.75, 3.05) is 32.9 Å². The molecule has 2 aliphatic carbocycles. The Kier molecular flexibility index (Phi) is 5.48. The van der Waals surface area contributed by atoms with Gasteiger partial charge in [-0.05, 0) is 63.1 Å². The molecule has 1 saturated heterocycles. The van der Waals surface area contributed by atoms with Crippen LogP contribution in [0, 0.1) is 11.8 Å². The normalized spacial score (nSPS) is 35.4. The number of benzene rings is 1. The Balaban J connectivity index is 1.56. The fourth-order valence-corrected chi connectivity index (χ4v) is 6.93. The minimum atomic E-state index is -0.962. The van der Waals surface area contributed by atoms with Crippen LogP contribution in [-0.4, -0.2) is 70.9 Å². The summed E-state index contributed by atoms with van der Waals surface area (Å²) in [6.07, 6.45) is 6.12. The molecule has 3 N–H and O–H groups in total. The molecule has 0 radical (unpaired) electrons. The second-order valence-corrected chi connectivity index (χ2v) is 10.3. The molecule has 6 nitrogen and oxygen atoms in total. The molecule has 2 heterocycles. The van der Waals surface area contributed by atoms with Gasteiger partial charge in [-0.3, -0.25) is 4.90 Å². The molecule has 5 atom stereocenters. The molecule has 6 heteroatoms. The van der Waals surface area contributed by atoms with Crippen molar-refractivity contribution in [1.82, 2.24) is 4.90 Å². The van der Waals surface area contributed by atoms with Gasteiger partial charge in [-0.15, -0.1) is 0 Å². The number of rotatable bonds is 8. The molecule has 1 aromatic rings. The molecule has 0 aromatic heterocycles. The number of aliphatic hydroxyl groups excluding tert-OH is 1. The molecule has 4 aliphatic rings. The van der Waals surface area contributed by atoms with Crippen LogP contribution in [0.3, 0.4) is 0 Å². The maximum Gasteiger partial charge on any atom is 0.165 e. The highest BCUT2D eigenvalue weighted by Crippen LogP contribution is 2.63. The fourth-order valence-electron chi connectivity index (χ4n) is 6.93. The minimum Gasteiger partial charge on any atom is -0.504 e. The number of nitrogens with zero attached hydrogens (tertiary/aromatic N) is 1. The van der Waals surface area contributed by atoms with E-state index in [1.165, 1.54) is 24.8 Å². The molecule has 5 rings (SSSR count). The van der Waals surface area contributed by atoms with Crippen LogP contribution in [0.25, 0.3) is 0 Å². The third kappa shape index (κ3) is 3.05. The molecular formula is C25H37NO5. The van der Waals surface area contributed by atoms with E-state index in [0.29, 0.717) is 19.0 Å². The first-order chi connectivity index (χ1) is 14.9. The number of phenols is 1. The van der Waals surface area contributed by atoms with E-state index >= 15 is 0 Å². The molecule has 1 spiro atoms. The first kappa shape index (κ1) is 21.5. The van der Waals surface area contributed by atoms with E-state index in [4.69, 9.17) is 14.6 Å². The summed E-state index contributed by atoms with van der Waals surface area (Å²) < 4.78 is 12.3. The summed E-state index contributed by atoms with van der Waals surface area (Å²) in [5, 5.41) is 32.1. The molecule has 2 bridgehead atoms. The van der Waals surface area contributed by atoms with Crippen LogP contribution in [0.2, 0.25) is 0 Å². The van der Waals surface area contributed by atoms with Crippen LogP contribution in [0.4, 0.5) is 0 Å². The van der Waals surface area contributed by atoms with Crippen molar-refractivity contribution in [3.05, 3.63) is 23.3 Å². The Morgan fingerprint density at radius 3 is 2.81 bits per heavy atom. The Morgan fingerprint density at radius 1 is 1.32 bits per heavy atom. The van der Waals surface area contributed by atoms with E-state index in [-0.39, 0.29) is 30.4 Å². The average Bonchev–Trinajstić information content (AvgIpc) is 3.05. The van der Waals surface area contributed by atoms with E-state index < -0.39 is 11.0 Å². The Morgan fingerprint density at radius 2 is 2.13 bits per heavy atom. The smallest absolute Gasteiger partial charge is 0.165 e. The lowest BCUT2D eigenvalue weighted by molar-refractivity contribution is -0.168. The minimum absolute atomic E-state index is 0.00577. The van der Waals surface area contributed by atoms with Gasteiger partial charge in [-0.2, -0.15) is 0 Å². The Hall–Kier alpha value is -1.34. The van der Waals surface area contributed by atoms with Gasteiger partial charge in [-0.1, -0.05) is 19.4 Å². The highest BCUT2D eigenvalue weighted by Gasteiger charge is 2.69. The number of phenolic OH excluding ortho intramolecular Hbond substituents is 1. The predicted molar refractivity (Wildman–Crippen MR) is 118 cm³/mol. The third-order valence-corrected chi connectivity index (χ3v) is 8.84. The summed E-state index contributed by atoms with van der Waals surface area (Å²) in [5.74, 6) is 1.55. The predicted octanol–water partition coefficient (Wildman–Crippen LogP) is 2.61. The summed E-state index contributed by atoms with van der Waals surface area (Å²) >= 11 is 0. The number of aromatic hydroxyl groups is 1. The lowest BCUT2D eigenvalue weighted by Crippen LogP contribution is -2.73. The summed E-state index contributed by atoms with van der Waals surface area (Å²) in [7, 11) is 0. The molecule has 1 saturated carbocycles. The number of hydrogen-bond acceptors (Lipinski definition) is 6. The maximum atomic E-state index is 12.3. The van der Waals surface area contributed by atoms with Gasteiger partial charge in [0.2, 0.25) is 0 Å². The molecule has 1 aromatic carbocycles. The van der Waals surface area contributed by atoms with Crippen molar-refractivity contribution in [3.8, 4) is 11.5 Å². The van der Waals surface area contributed by atoms with Crippen molar-refractivity contribution in [2.24, 2.45) is 11.8 Å². The lowest BCUT2D eigenvalue weighted by atomic mass is 9.52. The Bertz CT molecular complexity index is 822. The van der Waals surface area contributed by atoms with E-state index in [1.807, 2.05) is 13.0 Å². The van der Waals surface area contributed by atoms with Crippen LogP contribution in [-0.2, 0) is 16.6 Å². The molecular weight excluding hydrogens is 394 g/mol. The zero-order valence-electron chi connectivity index (χ0n) is 18.8. The number of fused-ring (bicyclic) bond motifs is 1. The largest absolute Gasteiger partial charge is 0.504 e. The molecule has 1 unspecified atom stereocenters. The van der Waals surface area contributed by atoms with Crippen LogP contribution >= 0.6 is 0 Å². The first-order valence-corrected chi connectivity index (χ1v) is 12.1. The van der Waals surface area contributed by atoms with Gasteiger partial charge in [0.15, 0.2) is 11.5 Å². The van der Waals surface area contributed by atoms with Gasteiger partial charge in [0.25, 0.3) is 0 Å². The van der Waals surface area contributed by atoms with E-state index in [1.54, 1.807) is 6.07 Å². The molecule has 0 amide bonds. The van der Waals surface area contributed by atoms with Crippen molar-refractivity contribution in [2.45, 2.75) is 75.5 Å². The highest BCUT2D eigenvalue weighted by atomic mass is 16.5. The van der Waals surface area contributed by atoms with E-state index in [9.17, 15) is 10.2 Å². The van der Waals surface area contributed by atoms with Crippen molar-refractivity contribution >= 4 is 0 Å². The summed E-state index contributed by atoms with van der Waals surface area (Å²) in [4.78, 5) is 2.53. The van der Waals surface area contributed by atoms with Gasteiger partial charge in [0, 0.05) is 24.1 Å². The highest BCUT2D eigenvalue weighted by molar-refractivity contribution is 5.61. The van der Waals surface area contributed by atoms with Crippen LogP contribution in [0.5, 0.6) is 11.5 Å². The van der Waals surface area contributed by atoms with Gasteiger partial charge >= 0.3 is 0 Å². The number of hydrogen-bond donors (Lipinski definition) is 3. The van der Waals surface area contributed by atoms with Gasteiger partial charge < -0.3 is 24.8 Å². The summed E-state index contributed by atoms with van der Waals surface area (Å²) in [5.41, 5.74) is 0.716. The molecule has 172 valence electrons.